The number of nitrogens with one attached hydrogen (secondary N) is 1. The van der Waals surface area contributed by atoms with E-state index in [9.17, 15) is 14.7 Å². The van der Waals surface area contributed by atoms with Crippen molar-refractivity contribution in [3.8, 4) is 0 Å². The summed E-state index contributed by atoms with van der Waals surface area (Å²) in [6, 6.07) is -0.159. The lowest BCUT2D eigenvalue weighted by Gasteiger charge is -2.29. The monoisotopic (exact) mass is 297 g/mol. The maximum Gasteiger partial charge on any atom is 0.308 e. The van der Waals surface area contributed by atoms with Crippen molar-refractivity contribution < 1.29 is 14.7 Å². The van der Waals surface area contributed by atoms with Crippen LogP contribution in [0.3, 0.4) is 0 Å². The highest BCUT2D eigenvalue weighted by molar-refractivity contribution is 5.78. The molecule has 0 aromatic heterocycles. The molecule has 0 aromatic rings. The maximum atomic E-state index is 11.9. The number of rotatable bonds is 10. The second-order valence-corrected chi connectivity index (χ2v) is 6.27. The third-order valence-corrected chi connectivity index (χ3v) is 4.44. The summed E-state index contributed by atoms with van der Waals surface area (Å²) < 4.78 is 0. The fraction of sp³-hybridized carbons (Fsp3) is 0.882. The van der Waals surface area contributed by atoms with Gasteiger partial charge in [0.1, 0.15) is 0 Å². The number of hydrogen-bond donors (Lipinski definition) is 2. The molecule has 0 aliphatic heterocycles. The minimum absolute atomic E-state index is 0.0294. The van der Waals surface area contributed by atoms with Crippen molar-refractivity contribution in [2.45, 2.75) is 90.0 Å². The Morgan fingerprint density at radius 1 is 1.00 bits per heavy atom. The SMILES string of the molecule is CCCCCCCCCC(=O)NC1CCCCC1C(=O)O. The molecular weight excluding hydrogens is 266 g/mol. The first-order chi connectivity index (χ1) is 10.1. The highest BCUT2D eigenvalue weighted by Crippen LogP contribution is 2.24. The van der Waals surface area contributed by atoms with Crippen molar-refractivity contribution in [3.05, 3.63) is 0 Å². The molecule has 0 heterocycles. The Labute approximate surface area is 128 Å². The highest BCUT2D eigenvalue weighted by atomic mass is 16.4. The summed E-state index contributed by atoms with van der Waals surface area (Å²) in [6.07, 6.45) is 12.4. The van der Waals surface area contributed by atoms with E-state index in [2.05, 4.69) is 12.2 Å². The van der Waals surface area contributed by atoms with Gasteiger partial charge in [-0.25, -0.2) is 0 Å². The van der Waals surface area contributed by atoms with Crippen LogP contribution >= 0.6 is 0 Å². The van der Waals surface area contributed by atoms with Crippen LogP contribution in [0.15, 0.2) is 0 Å². The molecule has 2 N–H and O–H groups in total. The Kier molecular flexibility index (Phi) is 9.11. The largest absolute Gasteiger partial charge is 0.481 e. The lowest BCUT2D eigenvalue weighted by atomic mass is 9.84. The molecule has 0 saturated heterocycles. The van der Waals surface area contributed by atoms with E-state index in [0.717, 1.165) is 32.1 Å². The van der Waals surface area contributed by atoms with Gasteiger partial charge in [-0.1, -0.05) is 58.3 Å². The number of carbonyl (C=O) groups is 2. The second kappa shape index (κ2) is 10.6. The van der Waals surface area contributed by atoms with Crippen molar-refractivity contribution in [2.24, 2.45) is 5.92 Å². The molecule has 0 aromatic carbocycles. The molecule has 1 rings (SSSR count). The number of unbranched alkanes of at least 4 members (excludes halogenated alkanes) is 6. The van der Waals surface area contributed by atoms with Crippen molar-refractivity contribution in [1.82, 2.24) is 5.32 Å². The maximum absolute atomic E-state index is 11.9. The van der Waals surface area contributed by atoms with Crippen LogP contribution in [0.2, 0.25) is 0 Å². The minimum atomic E-state index is -0.768. The summed E-state index contributed by atoms with van der Waals surface area (Å²) in [6.45, 7) is 2.21. The molecule has 2 atom stereocenters. The summed E-state index contributed by atoms with van der Waals surface area (Å²) in [4.78, 5) is 23.1. The Morgan fingerprint density at radius 3 is 2.29 bits per heavy atom. The number of carboxylic acids is 1. The first kappa shape index (κ1) is 18.0. The molecule has 0 spiro atoms. The van der Waals surface area contributed by atoms with Crippen LogP contribution in [-0.2, 0) is 9.59 Å². The summed E-state index contributed by atoms with van der Waals surface area (Å²) in [5.41, 5.74) is 0. The molecule has 1 fully saturated rings. The van der Waals surface area contributed by atoms with Gasteiger partial charge in [0.15, 0.2) is 0 Å². The Balaban J connectivity index is 2.13. The lowest BCUT2D eigenvalue weighted by Crippen LogP contribution is -2.45. The first-order valence-corrected chi connectivity index (χ1v) is 8.67. The number of aliphatic carboxylic acids is 1. The van der Waals surface area contributed by atoms with Gasteiger partial charge in [0.25, 0.3) is 0 Å². The molecule has 122 valence electrons. The normalized spacial score (nSPS) is 22.0. The number of carboxylic acid groups (broad SMARTS) is 1. The summed E-state index contributed by atoms with van der Waals surface area (Å²) in [7, 11) is 0. The average molecular weight is 297 g/mol. The van der Waals surface area contributed by atoms with Gasteiger partial charge in [-0.15, -0.1) is 0 Å². The van der Waals surface area contributed by atoms with Crippen molar-refractivity contribution in [2.75, 3.05) is 0 Å². The predicted molar refractivity (Wildman–Crippen MR) is 84.1 cm³/mol. The van der Waals surface area contributed by atoms with E-state index >= 15 is 0 Å². The van der Waals surface area contributed by atoms with Crippen LogP contribution in [0.25, 0.3) is 0 Å². The molecule has 1 amide bonds. The standard InChI is InChI=1S/C17H31NO3/c1-2-3-4-5-6-7-8-13-16(19)18-15-12-10-9-11-14(15)17(20)21/h14-15H,2-13H2,1H3,(H,18,19)(H,20,21). The molecule has 1 aliphatic rings. The van der Waals surface area contributed by atoms with Gasteiger partial charge < -0.3 is 10.4 Å². The van der Waals surface area contributed by atoms with Crippen molar-refractivity contribution in [1.29, 1.82) is 0 Å². The van der Waals surface area contributed by atoms with E-state index in [1.807, 2.05) is 0 Å². The third kappa shape index (κ3) is 7.49. The third-order valence-electron chi connectivity index (χ3n) is 4.44. The zero-order valence-electron chi connectivity index (χ0n) is 13.4. The number of amides is 1. The Hall–Kier alpha value is -1.06. The van der Waals surface area contributed by atoms with Crippen LogP contribution in [0.1, 0.15) is 84.0 Å². The zero-order chi connectivity index (χ0) is 15.5. The van der Waals surface area contributed by atoms with Gasteiger partial charge in [0.05, 0.1) is 5.92 Å². The molecular formula is C17H31NO3. The van der Waals surface area contributed by atoms with Crippen LogP contribution < -0.4 is 5.32 Å². The summed E-state index contributed by atoms with van der Waals surface area (Å²) >= 11 is 0. The molecule has 1 aliphatic carbocycles. The highest BCUT2D eigenvalue weighted by Gasteiger charge is 2.31. The molecule has 0 bridgehead atoms. The van der Waals surface area contributed by atoms with Gasteiger partial charge >= 0.3 is 5.97 Å². The van der Waals surface area contributed by atoms with Crippen molar-refractivity contribution >= 4 is 11.9 Å². The van der Waals surface area contributed by atoms with E-state index < -0.39 is 11.9 Å². The predicted octanol–water partition coefficient (Wildman–Crippen LogP) is 3.89. The Morgan fingerprint density at radius 2 is 1.62 bits per heavy atom. The van der Waals surface area contributed by atoms with Gasteiger partial charge in [-0.2, -0.15) is 0 Å². The van der Waals surface area contributed by atoms with Gasteiger partial charge in [0.2, 0.25) is 5.91 Å². The van der Waals surface area contributed by atoms with Gasteiger partial charge in [-0.05, 0) is 19.3 Å². The fourth-order valence-electron chi connectivity index (χ4n) is 3.12. The number of hydrogen-bond acceptors (Lipinski definition) is 2. The summed E-state index contributed by atoms with van der Waals surface area (Å²) in [5.74, 6) is -1.13. The second-order valence-electron chi connectivity index (χ2n) is 6.27. The molecule has 4 nitrogen and oxygen atoms in total. The molecule has 1 saturated carbocycles. The van der Waals surface area contributed by atoms with E-state index in [1.165, 1.54) is 32.1 Å². The lowest BCUT2D eigenvalue weighted by molar-refractivity contribution is -0.144. The van der Waals surface area contributed by atoms with E-state index in [1.54, 1.807) is 0 Å². The summed E-state index contributed by atoms with van der Waals surface area (Å²) in [5, 5.41) is 12.1. The van der Waals surface area contributed by atoms with E-state index in [-0.39, 0.29) is 11.9 Å². The molecule has 4 heteroatoms. The van der Waals surface area contributed by atoms with Crippen LogP contribution in [0, 0.1) is 5.92 Å². The van der Waals surface area contributed by atoms with Crippen LogP contribution in [0.5, 0.6) is 0 Å². The molecule has 21 heavy (non-hydrogen) atoms. The minimum Gasteiger partial charge on any atom is -0.481 e. The molecule has 0 radical (unpaired) electrons. The first-order valence-electron chi connectivity index (χ1n) is 8.67. The van der Waals surface area contributed by atoms with Gasteiger partial charge in [-0.3, -0.25) is 9.59 Å². The van der Waals surface area contributed by atoms with E-state index in [0.29, 0.717) is 12.8 Å². The van der Waals surface area contributed by atoms with Crippen LogP contribution in [-0.4, -0.2) is 23.0 Å². The number of carbonyl (C=O) groups excluding carboxylic acids is 1. The average Bonchev–Trinajstić information content (AvgIpc) is 2.46. The van der Waals surface area contributed by atoms with E-state index in [4.69, 9.17) is 0 Å². The molecule has 2 unspecified atom stereocenters. The topological polar surface area (TPSA) is 66.4 Å². The van der Waals surface area contributed by atoms with Crippen molar-refractivity contribution in [3.63, 3.8) is 0 Å². The van der Waals surface area contributed by atoms with Crippen LogP contribution in [0.4, 0.5) is 0 Å². The van der Waals surface area contributed by atoms with Gasteiger partial charge in [0, 0.05) is 12.5 Å². The fourth-order valence-corrected chi connectivity index (χ4v) is 3.12. The Bertz CT molecular complexity index is 317. The quantitative estimate of drug-likeness (QED) is 0.601. The smallest absolute Gasteiger partial charge is 0.308 e. The zero-order valence-corrected chi connectivity index (χ0v) is 13.4.